The second-order valence-electron chi connectivity index (χ2n) is 25.2. The van der Waals surface area contributed by atoms with Crippen molar-refractivity contribution >= 4 is 79.2 Å². The minimum absolute atomic E-state index is 0.0951. The van der Waals surface area contributed by atoms with Gasteiger partial charge in [0.1, 0.15) is 5.75 Å². The van der Waals surface area contributed by atoms with Crippen molar-refractivity contribution in [1.29, 1.82) is 0 Å². The minimum Gasteiger partial charge on any atom is -0.493 e. The molecule has 21 nitrogen and oxygen atoms in total. The molecule has 10 aromatic rings. The number of para-hydroxylation sites is 2. The lowest BCUT2D eigenvalue weighted by Crippen LogP contribution is -2.37. The molecule has 0 unspecified atom stereocenters. The van der Waals surface area contributed by atoms with E-state index in [-0.39, 0.29) is 48.2 Å². The molecule has 8 N–H and O–H groups in total. The van der Waals surface area contributed by atoms with E-state index in [9.17, 15) is 29.4 Å². The van der Waals surface area contributed by atoms with Gasteiger partial charge in [-0.05, 0) is 178 Å². The van der Waals surface area contributed by atoms with Gasteiger partial charge in [0, 0.05) is 126 Å². The highest BCUT2D eigenvalue weighted by Gasteiger charge is 2.23. The molecule has 0 bridgehead atoms. The summed E-state index contributed by atoms with van der Waals surface area (Å²) in [6, 6.07) is 47.3. The zero-order valence-electron chi connectivity index (χ0n) is 57.7. The molecule has 0 aliphatic carbocycles. The molecule has 0 spiro atoms. The number of likely N-dealkylation sites (tertiary alicyclic amines) is 2. The molecule has 6 amide bonds. The van der Waals surface area contributed by atoms with Crippen LogP contribution in [0.15, 0.2) is 170 Å². The highest BCUT2D eigenvalue weighted by atomic mass is 32.1. The summed E-state index contributed by atoms with van der Waals surface area (Å²) in [5.74, 6) is 1.97. The Balaban J connectivity index is 0.000000202. The number of aryl methyl sites for hydroxylation is 1. The number of nitrogens with one attached hydrogen (secondary N) is 6. The quantitative estimate of drug-likeness (QED) is 0.0281. The Bertz CT molecular complexity index is 4430. The number of benzene rings is 7. The van der Waals surface area contributed by atoms with E-state index < -0.39 is 0 Å². The van der Waals surface area contributed by atoms with Crippen molar-refractivity contribution in [2.75, 3.05) is 61.7 Å². The van der Waals surface area contributed by atoms with Gasteiger partial charge in [-0.25, -0.2) is 14.6 Å². The van der Waals surface area contributed by atoms with Crippen LogP contribution in [0.4, 0.5) is 31.8 Å². The molecule has 2 saturated heterocycles. The Morgan fingerprint density at radius 3 is 1.42 bits per heavy atom. The number of piperidine rings is 2. The van der Waals surface area contributed by atoms with Gasteiger partial charge >= 0.3 is 12.1 Å². The predicted octanol–water partition coefficient (Wildman–Crippen LogP) is 15.7. The third kappa shape index (κ3) is 18.0. The Kier molecular flexibility index (Phi) is 23.8. The lowest BCUT2D eigenvalue weighted by atomic mass is 10.1. The number of methoxy groups -OCH3 is 2. The fourth-order valence-corrected chi connectivity index (χ4v) is 13.2. The Morgan fingerprint density at radius 2 is 0.950 bits per heavy atom. The third-order valence-electron chi connectivity index (χ3n) is 18.4. The smallest absolute Gasteiger partial charge is 0.319 e. The maximum atomic E-state index is 13.3. The van der Waals surface area contributed by atoms with Crippen molar-refractivity contribution in [3.63, 3.8) is 0 Å². The molecule has 3 aromatic heterocycles. The Hall–Kier alpha value is -10.2. The number of aliphatic hydroxyl groups is 2. The third-order valence-corrected chi connectivity index (χ3v) is 19.1. The van der Waals surface area contributed by atoms with Crippen molar-refractivity contribution in [1.82, 2.24) is 34.6 Å². The number of rotatable bonds is 24. The second kappa shape index (κ2) is 33.5. The first-order valence-corrected chi connectivity index (χ1v) is 35.1. The van der Waals surface area contributed by atoms with Crippen LogP contribution in [-0.2, 0) is 13.1 Å². The Morgan fingerprint density at radius 1 is 0.510 bits per heavy atom. The number of aromatic nitrogens is 3. The van der Waals surface area contributed by atoms with E-state index in [0.29, 0.717) is 67.1 Å². The van der Waals surface area contributed by atoms with Crippen molar-refractivity contribution in [2.24, 2.45) is 0 Å². The molecule has 0 radical (unpaired) electrons. The zero-order valence-corrected chi connectivity index (χ0v) is 58.5. The van der Waals surface area contributed by atoms with Gasteiger partial charge in [0.05, 0.1) is 43.7 Å². The second-order valence-corrected chi connectivity index (χ2v) is 26.2. The van der Waals surface area contributed by atoms with E-state index >= 15 is 0 Å². The van der Waals surface area contributed by atoms with Crippen molar-refractivity contribution < 1.29 is 48.3 Å². The molecule has 522 valence electrons. The number of fused-ring (bicyclic) bond motifs is 2. The van der Waals surface area contributed by atoms with Crippen LogP contribution in [0.5, 0.6) is 33.8 Å². The van der Waals surface area contributed by atoms with Crippen LogP contribution >= 0.6 is 11.3 Å². The van der Waals surface area contributed by atoms with Crippen LogP contribution in [0.1, 0.15) is 116 Å². The number of carbonyl (C=O) groups excluding carboxylic acids is 4. The van der Waals surface area contributed by atoms with E-state index in [1.807, 2.05) is 95.3 Å². The molecular weight excluding hydrogens is 1280 g/mol. The van der Waals surface area contributed by atoms with Crippen molar-refractivity contribution in [3.8, 4) is 45.2 Å². The van der Waals surface area contributed by atoms with E-state index in [1.54, 1.807) is 68.8 Å². The number of hydrogen-bond donors (Lipinski definition) is 8. The fraction of sp³-hybridized carbons (Fsp3) is 0.321. The number of nitrogens with zero attached hydrogens (tertiary/aromatic N) is 5. The van der Waals surface area contributed by atoms with Gasteiger partial charge in [-0.2, -0.15) is 0 Å². The highest BCUT2D eigenvalue weighted by molar-refractivity contribution is 7.17. The summed E-state index contributed by atoms with van der Waals surface area (Å²) in [6.07, 6.45) is 12.1. The van der Waals surface area contributed by atoms with Crippen molar-refractivity contribution in [3.05, 3.63) is 198 Å². The first-order chi connectivity index (χ1) is 48.6. The molecule has 2 aliphatic heterocycles. The van der Waals surface area contributed by atoms with Crippen LogP contribution in [0.3, 0.4) is 0 Å². The van der Waals surface area contributed by atoms with Gasteiger partial charge in [0.2, 0.25) is 5.06 Å². The van der Waals surface area contributed by atoms with E-state index in [1.165, 1.54) is 39.4 Å². The first kappa shape index (κ1) is 71.1. The summed E-state index contributed by atoms with van der Waals surface area (Å²) in [5, 5.41) is 40.5. The maximum Gasteiger partial charge on any atom is 0.319 e. The first-order valence-electron chi connectivity index (χ1n) is 34.3. The van der Waals surface area contributed by atoms with Gasteiger partial charge in [0.15, 0.2) is 28.1 Å². The summed E-state index contributed by atoms with van der Waals surface area (Å²) in [7, 11) is 3.09. The molecule has 22 heteroatoms. The maximum absolute atomic E-state index is 13.3. The average Bonchev–Trinajstić information content (AvgIpc) is 1.64. The predicted molar refractivity (Wildman–Crippen MR) is 396 cm³/mol. The number of urea groups is 2. The van der Waals surface area contributed by atoms with Crippen LogP contribution in [0.25, 0.3) is 33.2 Å². The summed E-state index contributed by atoms with van der Waals surface area (Å²) in [6.45, 7) is 15.3. The molecule has 12 rings (SSSR count). The van der Waals surface area contributed by atoms with E-state index in [4.69, 9.17) is 18.9 Å². The van der Waals surface area contributed by atoms with E-state index in [0.717, 1.165) is 119 Å². The van der Waals surface area contributed by atoms with Gasteiger partial charge in [-0.15, -0.1) is 0 Å². The summed E-state index contributed by atoms with van der Waals surface area (Å²) in [4.78, 5) is 60.4. The highest BCUT2D eigenvalue weighted by Crippen LogP contribution is 2.39. The van der Waals surface area contributed by atoms with Crippen molar-refractivity contribution in [2.45, 2.75) is 123 Å². The summed E-state index contributed by atoms with van der Waals surface area (Å²) >= 11 is 1.18. The zero-order chi connectivity index (χ0) is 70.2. The molecule has 7 aromatic carbocycles. The molecule has 2 aliphatic rings. The molecule has 0 saturated carbocycles. The lowest BCUT2D eigenvalue weighted by molar-refractivity contribution is 0.0792. The lowest BCUT2D eigenvalue weighted by Gasteiger charge is -2.29. The number of aliphatic hydroxyl groups excluding tert-OH is 2. The Labute approximate surface area is 587 Å². The number of hydrogen-bond acceptors (Lipinski definition) is 14. The normalized spacial score (nSPS) is 13.8. The fourth-order valence-electron chi connectivity index (χ4n) is 12.5. The molecule has 5 heterocycles. The average molecular weight is 1370 g/mol. The van der Waals surface area contributed by atoms with Gasteiger partial charge in [-0.3, -0.25) is 24.7 Å². The molecular formula is C78H89N11O10S. The standard InChI is InChI=1S/C41H47N5O5.C37H42N6O5S/c1-5-30(6-2)43-41(49)44-32-14-18-38(39(24-32)50-4)51-37-17-13-31(23-27(37)3)42-40(48)28-11-15-33(16-12-28)46-26-29(35-9-7-8-10-36(35)46)25-45-21-19-34(47)20-22-45;1-4-26(5-2)39-36(46)40-27-12-15-32(47-3)33(20-27)48-34-21-38-37(49-34)41-35(45)24-10-13-28(14-11-24)43-23-25(30-8-6-7-9-31(30)43)22-42-18-16-29(44)17-19-42/h7-18,23-24,26,30,34,47H,5-6,19-22,25H2,1-4H3,(H,42,48)(H2,43,44,49);6-15,20-21,23,26,29,44H,4-5,16-19,22H2,1-3H3,(H,38,41,45)(H2,39,40,46). The number of amides is 6. The van der Waals surface area contributed by atoms with Gasteiger partial charge in [-0.1, -0.05) is 75.4 Å². The van der Waals surface area contributed by atoms with Gasteiger partial charge in [0.25, 0.3) is 11.8 Å². The number of thiazole rings is 1. The SMILES string of the molecule is CCC(CC)NC(=O)Nc1ccc(OC)c(Oc2cnc(NC(=O)c3ccc(-n4cc(CN5CCC(O)CC5)c5ccccc54)cc3)s2)c1.CCC(CC)NC(=O)Nc1ccc(Oc2ccc(NC(=O)c3ccc(-n4cc(CN5CCC(O)CC5)c5ccccc54)cc3)cc2C)c(OC)c1. The van der Waals surface area contributed by atoms with Crippen LogP contribution in [0, 0.1) is 6.92 Å². The van der Waals surface area contributed by atoms with Crippen LogP contribution in [-0.4, -0.2) is 123 Å². The molecule has 2 fully saturated rings. The molecule has 100 heavy (non-hydrogen) atoms. The minimum atomic E-state index is -0.290. The van der Waals surface area contributed by atoms with Crippen LogP contribution < -0.4 is 50.8 Å². The monoisotopic (exact) mass is 1370 g/mol. The van der Waals surface area contributed by atoms with E-state index in [2.05, 4.69) is 105 Å². The largest absolute Gasteiger partial charge is 0.493 e. The molecule has 0 atom stereocenters. The summed E-state index contributed by atoms with van der Waals surface area (Å²) < 4.78 is 27.6. The topological polar surface area (TPSA) is 247 Å². The van der Waals surface area contributed by atoms with Gasteiger partial charge < -0.3 is 64.9 Å². The van der Waals surface area contributed by atoms with Crippen LogP contribution in [0.2, 0.25) is 0 Å². The summed E-state index contributed by atoms with van der Waals surface area (Å²) in [5.41, 5.74) is 10.3. The number of ether oxygens (including phenoxy) is 4. The number of carbonyl (C=O) groups is 4. The number of anilines is 4.